The lowest BCUT2D eigenvalue weighted by Crippen LogP contribution is -2.37. The largest absolute Gasteiger partial charge is 0.465 e. The van der Waals surface area contributed by atoms with E-state index >= 15 is 0 Å². The smallest absolute Gasteiger partial charge is 0.407 e. The Balaban J connectivity index is 1.55. The molecule has 4 N–H and O–H groups in total. The van der Waals surface area contributed by atoms with Crippen LogP contribution in [0.15, 0.2) is 41.9 Å². The van der Waals surface area contributed by atoms with Crippen LogP contribution < -0.4 is 5.32 Å². The summed E-state index contributed by atoms with van der Waals surface area (Å²) in [7, 11) is 0. The molecule has 0 saturated heterocycles. The number of anilines is 1. The molecule has 2 unspecified atom stereocenters. The van der Waals surface area contributed by atoms with Crippen molar-refractivity contribution in [2.75, 3.05) is 11.9 Å². The van der Waals surface area contributed by atoms with Gasteiger partial charge in [-0.05, 0) is 67.3 Å². The SMILES string of the molecule is CCN(C(=O)O)C1CCC(c2c[nH]c3ccc(NC(=N)c4cccs4)cc23)C1. The van der Waals surface area contributed by atoms with Crippen molar-refractivity contribution in [3.63, 3.8) is 0 Å². The fourth-order valence-corrected chi connectivity index (χ4v) is 4.89. The fourth-order valence-electron chi connectivity index (χ4n) is 4.26. The maximum absolute atomic E-state index is 11.5. The molecule has 4 rings (SSSR count). The Morgan fingerprint density at radius 1 is 1.39 bits per heavy atom. The van der Waals surface area contributed by atoms with Gasteiger partial charge < -0.3 is 20.3 Å². The molecule has 1 saturated carbocycles. The van der Waals surface area contributed by atoms with Crippen molar-refractivity contribution in [2.45, 2.75) is 38.1 Å². The van der Waals surface area contributed by atoms with Crippen LogP contribution in [0.25, 0.3) is 10.9 Å². The van der Waals surface area contributed by atoms with E-state index in [-0.39, 0.29) is 6.04 Å². The first kappa shape index (κ1) is 18.6. The second-order valence-electron chi connectivity index (χ2n) is 7.21. The number of amidine groups is 1. The number of nitrogens with zero attached hydrogens (tertiary/aromatic N) is 1. The standard InChI is InChI=1S/C21H24N4O2S/c1-2-25(21(26)27)15-7-5-13(10-15)17-12-23-18-8-6-14(11-16(17)18)24-20(22)19-4-3-9-28-19/h3-4,6,8-9,11-13,15,23H,2,5,7,10H2,1H3,(H2,22,24)(H,26,27). The Bertz CT molecular complexity index is 995. The van der Waals surface area contributed by atoms with E-state index in [0.717, 1.165) is 40.7 Å². The Morgan fingerprint density at radius 3 is 2.96 bits per heavy atom. The van der Waals surface area contributed by atoms with Crippen LogP contribution in [0.2, 0.25) is 0 Å². The molecule has 3 aromatic rings. The molecule has 6 nitrogen and oxygen atoms in total. The summed E-state index contributed by atoms with van der Waals surface area (Å²) in [6, 6.07) is 10.1. The molecular weight excluding hydrogens is 372 g/mol. The molecule has 28 heavy (non-hydrogen) atoms. The predicted octanol–water partition coefficient (Wildman–Crippen LogP) is 5.30. The van der Waals surface area contributed by atoms with Crippen molar-refractivity contribution in [3.8, 4) is 0 Å². The summed E-state index contributed by atoms with van der Waals surface area (Å²) >= 11 is 1.54. The van der Waals surface area contributed by atoms with Crippen molar-refractivity contribution in [3.05, 3.63) is 52.3 Å². The predicted molar refractivity (Wildman–Crippen MR) is 114 cm³/mol. The maximum atomic E-state index is 11.5. The van der Waals surface area contributed by atoms with Gasteiger partial charge in [-0.15, -0.1) is 11.3 Å². The lowest BCUT2D eigenvalue weighted by Gasteiger charge is -2.24. The Kier molecular flexibility index (Phi) is 5.09. The fraction of sp³-hybridized carbons (Fsp3) is 0.333. The van der Waals surface area contributed by atoms with Crippen LogP contribution in [0, 0.1) is 5.41 Å². The van der Waals surface area contributed by atoms with E-state index in [4.69, 9.17) is 5.41 Å². The van der Waals surface area contributed by atoms with E-state index in [9.17, 15) is 9.90 Å². The summed E-state index contributed by atoms with van der Waals surface area (Å²) in [5, 5.41) is 24.0. The van der Waals surface area contributed by atoms with Gasteiger partial charge in [-0.2, -0.15) is 0 Å². The first-order valence-electron chi connectivity index (χ1n) is 9.57. The number of carboxylic acid groups (broad SMARTS) is 1. The van der Waals surface area contributed by atoms with E-state index < -0.39 is 6.09 Å². The molecule has 146 valence electrons. The number of nitrogens with one attached hydrogen (secondary N) is 3. The number of benzene rings is 1. The van der Waals surface area contributed by atoms with Crippen LogP contribution in [-0.2, 0) is 0 Å². The number of aromatic nitrogens is 1. The Labute approximate surface area is 167 Å². The van der Waals surface area contributed by atoms with Gasteiger partial charge in [-0.1, -0.05) is 6.07 Å². The molecule has 1 aliphatic rings. The molecule has 2 atom stereocenters. The highest BCUT2D eigenvalue weighted by Gasteiger charge is 2.32. The monoisotopic (exact) mass is 396 g/mol. The van der Waals surface area contributed by atoms with Crippen molar-refractivity contribution in [1.29, 1.82) is 5.41 Å². The Hall–Kier alpha value is -2.80. The normalized spacial score (nSPS) is 19.0. The number of fused-ring (bicyclic) bond motifs is 1. The van der Waals surface area contributed by atoms with Crippen molar-refractivity contribution in [1.82, 2.24) is 9.88 Å². The van der Waals surface area contributed by atoms with Crippen LogP contribution in [0.1, 0.15) is 42.5 Å². The zero-order valence-corrected chi connectivity index (χ0v) is 16.6. The molecule has 0 radical (unpaired) electrons. The van der Waals surface area contributed by atoms with Gasteiger partial charge in [0.25, 0.3) is 0 Å². The van der Waals surface area contributed by atoms with Gasteiger partial charge in [-0.25, -0.2) is 4.79 Å². The zero-order valence-electron chi connectivity index (χ0n) is 15.7. The molecular formula is C21H24N4O2S. The van der Waals surface area contributed by atoms with Gasteiger partial charge in [0.1, 0.15) is 5.84 Å². The number of H-pyrrole nitrogens is 1. The summed E-state index contributed by atoms with van der Waals surface area (Å²) in [4.78, 5) is 17.3. The van der Waals surface area contributed by atoms with Crippen LogP contribution in [0.4, 0.5) is 10.5 Å². The minimum Gasteiger partial charge on any atom is -0.465 e. The molecule has 1 amide bonds. The Morgan fingerprint density at radius 2 is 2.25 bits per heavy atom. The molecule has 1 aromatic carbocycles. The minimum atomic E-state index is -0.828. The maximum Gasteiger partial charge on any atom is 0.407 e. The number of aromatic amines is 1. The number of hydrogen-bond acceptors (Lipinski definition) is 3. The van der Waals surface area contributed by atoms with Crippen LogP contribution in [0.5, 0.6) is 0 Å². The molecule has 0 bridgehead atoms. The second-order valence-corrected chi connectivity index (χ2v) is 8.16. The third kappa shape index (κ3) is 3.49. The third-order valence-electron chi connectivity index (χ3n) is 5.62. The molecule has 1 fully saturated rings. The summed E-state index contributed by atoms with van der Waals surface area (Å²) in [6.45, 7) is 2.42. The number of rotatable bonds is 5. The van der Waals surface area contributed by atoms with Gasteiger partial charge in [0.15, 0.2) is 0 Å². The van der Waals surface area contributed by atoms with E-state index in [1.807, 2.05) is 36.6 Å². The van der Waals surface area contributed by atoms with Gasteiger partial charge >= 0.3 is 6.09 Å². The van der Waals surface area contributed by atoms with Crippen LogP contribution >= 0.6 is 11.3 Å². The van der Waals surface area contributed by atoms with Gasteiger partial charge in [0.05, 0.1) is 4.88 Å². The average Bonchev–Trinajstić information content (AvgIpc) is 3.42. The zero-order chi connectivity index (χ0) is 19.7. The third-order valence-corrected chi connectivity index (χ3v) is 6.51. The van der Waals surface area contributed by atoms with E-state index in [0.29, 0.717) is 18.3 Å². The molecule has 0 aliphatic heterocycles. The minimum absolute atomic E-state index is 0.0887. The quantitative estimate of drug-likeness (QED) is 0.348. The van der Waals surface area contributed by atoms with Crippen LogP contribution in [0.3, 0.4) is 0 Å². The number of carbonyl (C=O) groups is 1. The average molecular weight is 397 g/mol. The summed E-state index contributed by atoms with van der Waals surface area (Å²) in [5.74, 6) is 0.742. The summed E-state index contributed by atoms with van der Waals surface area (Å²) in [6.07, 6.45) is 3.98. The molecule has 2 aromatic heterocycles. The highest BCUT2D eigenvalue weighted by atomic mass is 32.1. The summed E-state index contributed by atoms with van der Waals surface area (Å²) in [5.41, 5.74) is 3.20. The lowest BCUT2D eigenvalue weighted by molar-refractivity contribution is 0.128. The molecule has 1 aliphatic carbocycles. The second kappa shape index (κ2) is 7.67. The van der Waals surface area contributed by atoms with Gasteiger partial charge in [0.2, 0.25) is 0 Å². The highest BCUT2D eigenvalue weighted by Crippen LogP contribution is 2.40. The van der Waals surface area contributed by atoms with Crippen LogP contribution in [-0.4, -0.2) is 39.5 Å². The number of thiophene rings is 1. The van der Waals surface area contributed by atoms with Crippen molar-refractivity contribution < 1.29 is 9.90 Å². The number of amides is 1. The highest BCUT2D eigenvalue weighted by molar-refractivity contribution is 7.12. The first-order chi connectivity index (χ1) is 13.6. The van der Waals surface area contributed by atoms with Crippen molar-refractivity contribution in [2.24, 2.45) is 0 Å². The molecule has 0 spiro atoms. The van der Waals surface area contributed by atoms with Crippen molar-refractivity contribution >= 4 is 39.9 Å². The first-order valence-corrected chi connectivity index (χ1v) is 10.4. The topological polar surface area (TPSA) is 92.2 Å². The molecule has 2 heterocycles. The number of hydrogen-bond donors (Lipinski definition) is 4. The molecule has 7 heteroatoms. The lowest BCUT2D eigenvalue weighted by atomic mass is 9.96. The van der Waals surface area contributed by atoms with Gasteiger partial charge in [-0.3, -0.25) is 5.41 Å². The van der Waals surface area contributed by atoms with E-state index in [2.05, 4.69) is 22.6 Å². The summed E-state index contributed by atoms with van der Waals surface area (Å²) < 4.78 is 0. The van der Waals surface area contributed by atoms with Gasteiger partial charge in [0, 0.05) is 35.4 Å². The van der Waals surface area contributed by atoms with E-state index in [1.165, 1.54) is 5.56 Å². The van der Waals surface area contributed by atoms with E-state index in [1.54, 1.807) is 16.2 Å².